The highest BCUT2D eigenvalue weighted by molar-refractivity contribution is 9.10. The first-order valence-electron chi connectivity index (χ1n) is 3.80. The van der Waals surface area contributed by atoms with Gasteiger partial charge in [0.25, 0.3) is 0 Å². The molecule has 0 bridgehead atoms. The molecule has 0 saturated heterocycles. The van der Waals surface area contributed by atoms with Crippen LogP contribution in [0.4, 0.5) is 0 Å². The minimum atomic E-state index is 0.541. The highest BCUT2D eigenvalue weighted by Crippen LogP contribution is 2.48. The zero-order valence-electron chi connectivity index (χ0n) is 6.25. The van der Waals surface area contributed by atoms with E-state index in [-0.39, 0.29) is 0 Å². The number of nitrogens with zero attached hydrogens (tertiary/aromatic N) is 2. The fraction of sp³-hybridized carbons (Fsp3) is 0.714. The summed E-state index contributed by atoms with van der Waals surface area (Å²) in [5.74, 6) is 2.12. The lowest BCUT2D eigenvalue weighted by Gasteiger charge is -1.86. The molecular weight excluding hydrogens is 208 g/mol. The minimum absolute atomic E-state index is 0.541. The number of aromatic nitrogens is 2. The van der Waals surface area contributed by atoms with Crippen LogP contribution in [0.2, 0.25) is 0 Å². The van der Waals surface area contributed by atoms with Gasteiger partial charge in [0.1, 0.15) is 0 Å². The molecule has 0 aromatic carbocycles. The maximum absolute atomic E-state index is 5.01. The normalized spacial score (nSPS) is 28.9. The van der Waals surface area contributed by atoms with E-state index in [1.54, 1.807) is 0 Å². The van der Waals surface area contributed by atoms with E-state index in [9.17, 15) is 0 Å². The highest BCUT2D eigenvalue weighted by Gasteiger charge is 2.40. The van der Waals surface area contributed by atoms with Crippen molar-refractivity contribution in [3.05, 3.63) is 10.6 Å². The van der Waals surface area contributed by atoms with Crippen LogP contribution in [0.5, 0.6) is 0 Å². The van der Waals surface area contributed by atoms with Crippen molar-refractivity contribution >= 4 is 15.9 Å². The van der Waals surface area contributed by atoms with Crippen molar-refractivity contribution in [3.8, 4) is 0 Å². The third-order valence-corrected chi connectivity index (χ3v) is 2.50. The van der Waals surface area contributed by atoms with Crippen LogP contribution in [0.3, 0.4) is 0 Å². The third kappa shape index (κ3) is 1.31. The maximum atomic E-state index is 5.01. The van der Waals surface area contributed by atoms with E-state index < -0.39 is 0 Å². The molecule has 1 aliphatic rings. The van der Waals surface area contributed by atoms with E-state index in [0.29, 0.717) is 10.7 Å². The summed E-state index contributed by atoms with van der Waals surface area (Å²) in [4.78, 5) is 4.11. The van der Waals surface area contributed by atoms with E-state index in [4.69, 9.17) is 4.52 Å². The van der Waals surface area contributed by atoms with Crippen molar-refractivity contribution in [1.29, 1.82) is 0 Å². The van der Waals surface area contributed by atoms with Gasteiger partial charge in [-0.2, -0.15) is 4.98 Å². The summed E-state index contributed by atoms with van der Waals surface area (Å²) >= 11 is 3.15. The molecule has 11 heavy (non-hydrogen) atoms. The van der Waals surface area contributed by atoms with Crippen LogP contribution in [-0.2, 0) is 0 Å². The Morgan fingerprint density at radius 2 is 2.55 bits per heavy atom. The van der Waals surface area contributed by atoms with Crippen LogP contribution < -0.4 is 0 Å². The molecule has 0 unspecified atom stereocenters. The first-order chi connectivity index (χ1) is 5.31. The van der Waals surface area contributed by atoms with Crippen LogP contribution >= 0.6 is 15.9 Å². The summed E-state index contributed by atoms with van der Waals surface area (Å²) in [5, 5.41) is 3.68. The Hall–Kier alpha value is -0.380. The summed E-state index contributed by atoms with van der Waals surface area (Å²) in [6.07, 6.45) is 2.43. The molecule has 1 aromatic rings. The third-order valence-electron chi connectivity index (χ3n) is 2.18. The number of hydrogen-bond donors (Lipinski definition) is 0. The molecule has 3 nitrogen and oxygen atoms in total. The number of halogens is 1. The summed E-state index contributed by atoms with van der Waals surface area (Å²) in [5.41, 5.74) is 0. The van der Waals surface area contributed by atoms with Gasteiger partial charge in [-0.15, -0.1) is 0 Å². The Bertz CT molecular complexity index is 261. The first-order valence-corrected chi connectivity index (χ1v) is 4.59. The quantitative estimate of drug-likeness (QED) is 0.763. The summed E-state index contributed by atoms with van der Waals surface area (Å²) in [6.45, 7) is 2.19. The van der Waals surface area contributed by atoms with Crippen molar-refractivity contribution < 1.29 is 4.52 Å². The summed E-state index contributed by atoms with van der Waals surface area (Å²) in [7, 11) is 0. The van der Waals surface area contributed by atoms with Crippen molar-refractivity contribution in [2.24, 2.45) is 5.92 Å². The lowest BCUT2D eigenvalue weighted by molar-refractivity contribution is 0.371. The monoisotopic (exact) mass is 216 g/mol. The number of rotatable bonds is 2. The van der Waals surface area contributed by atoms with Crippen LogP contribution in [-0.4, -0.2) is 10.1 Å². The zero-order chi connectivity index (χ0) is 7.84. The molecule has 2 rings (SSSR count). The van der Waals surface area contributed by atoms with Gasteiger partial charge in [0.05, 0.1) is 0 Å². The van der Waals surface area contributed by atoms with Gasteiger partial charge in [-0.25, -0.2) is 0 Å². The average molecular weight is 217 g/mol. The Balaban J connectivity index is 2.08. The van der Waals surface area contributed by atoms with Gasteiger partial charge in [-0.05, 0) is 33.4 Å². The van der Waals surface area contributed by atoms with Crippen molar-refractivity contribution in [1.82, 2.24) is 10.1 Å². The number of hydrogen-bond acceptors (Lipinski definition) is 3. The van der Waals surface area contributed by atoms with E-state index in [1.165, 1.54) is 12.8 Å². The molecule has 0 spiro atoms. The molecule has 0 N–H and O–H groups in total. The van der Waals surface area contributed by atoms with Crippen LogP contribution in [0, 0.1) is 5.92 Å². The molecule has 1 fully saturated rings. The van der Waals surface area contributed by atoms with E-state index >= 15 is 0 Å². The predicted molar refractivity (Wildman–Crippen MR) is 43.1 cm³/mol. The molecule has 0 amide bonds. The van der Waals surface area contributed by atoms with Crippen LogP contribution in [0.25, 0.3) is 0 Å². The molecule has 4 heteroatoms. The Morgan fingerprint density at radius 3 is 3.00 bits per heavy atom. The second kappa shape index (κ2) is 2.59. The lowest BCUT2D eigenvalue weighted by atomic mass is 10.2. The maximum Gasteiger partial charge on any atom is 0.238 e. The predicted octanol–water partition coefficient (Wildman–Crippen LogP) is 2.35. The smallest absolute Gasteiger partial charge is 0.238 e. The Kier molecular flexibility index (Phi) is 1.71. The van der Waals surface area contributed by atoms with Crippen LogP contribution in [0.15, 0.2) is 9.26 Å². The molecule has 2 atom stereocenters. The lowest BCUT2D eigenvalue weighted by Crippen LogP contribution is -1.81. The summed E-state index contributed by atoms with van der Waals surface area (Å²) in [6, 6.07) is 0. The molecule has 0 radical (unpaired) electrons. The Morgan fingerprint density at radius 1 is 1.73 bits per heavy atom. The standard InChI is InChI=1S/C7H9BrN2O/c1-2-4-3-5(4)6-9-7(8)10-11-6/h4-5H,2-3H2,1H3/t4-,5-/m1/s1. The van der Waals surface area contributed by atoms with E-state index in [0.717, 1.165) is 11.8 Å². The molecular formula is C7H9BrN2O. The molecule has 0 aliphatic heterocycles. The fourth-order valence-electron chi connectivity index (χ4n) is 1.37. The minimum Gasteiger partial charge on any atom is -0.338 e. The van der Waals surface area contributed by atoms with Gasteiger partial charge in [-0.1, -0.05) is 13.3 Å². The topological polar surface area (TPSA) is 38.9 Å². The van der Waals surface area contributed by atoms with E-state index in [1.807, 2.05) is 0 Å². The molecule has 1 aromatic heterocycles. The van der Waals surface area contributed by atoms with Gasteiger partial charge in [0.2, 0.25) is 10.6 Å². The second-order valence-electron chi connectivity index (χ2n) is 2.91. The molecule has 1 aliphatic carbocycles. The Labute approximate surface area is 73.3 Å². The fourth-order valence-corrected chi connectivity index (χ4v) is 1.62. The van der Waals surface area contributed by atoms with Gasteiger partial charge < -0.3 is 4.52 Å². The van der Waals surface area contributed by atoms with Gasteiger partial charge in [0.15, 0.2) is 0 Å². The summed E-state index contributed by atoms with van der Waals surface area (Å²) < 4.78 is 5.58. The highest BCUT2D eigenvalue weighted by atomic mass is 79.9. The van der Waals surface area contributed by atoms with Crippen molar-refractivity contribution in [3.63, 3.8) is 0 Å². The molecule has 1 heterocycles. The average Bonchev–Trinajstić information content (AvgIpc) is 2.68. The van der Waals surface area contributed by atoms with Gasteiger partial charge in [-0.3, -0.25) is 0 Å². The SMILES string of the molecule is CC[C@@H]1C[C@H]1c1nc(Br)no1. The molecule has 60 valence electrons. The van der Waals surface area contributed by atoms with Gasteiger partial charge in [0, 0.05) is 5.92 Å². The first kappa shape index (κ1) is 7.28. The van der Waals surface area contributed by atoms with Crippen LogP contribution in [0.1, 0.15) is 31.6 Å². The second-order valence-corrected chi connectivity index (χ2v) is 3.62. The largest absolute Gasteiger partial charge is 0.338 e. The van der Waals surface area contributed by atoms with Crippen molar-refractivity contribution in [2.75, 3.05) is 0 Å². The van der Waals surface area contributed by atoms with Gasteiger partial charge >= 0.3 is 0 Å². The van der Waals surface area contributed by atoms with Crippen molar-refractivity contribution in [2.45, 2.75) is 25.7 Å². The molecule has 1 saturated carbocycles. The zero-order valence-corrected chi connectivity index (χ0v) is 7.84. The van der Waals surface area contributed by atoms with E-state index in [2.05, 4.69) is 33.0 Å².